The molecule has 0 heterocycles. The molecule has 1 aromatic carbocycles. The van der Waals surface area contributed by atoms with Crippen LogP contribution in [-0.4, -0.2) is 24.2 Å². The van der Waals surface area contributed by atoms with Gasteiger partial charge >= 0.3 is 0 Å². The van der Waals surface area contributed by atoms with E-state index in [1.165, 1.54) is 55.2 Å². The largest absolute Gasteiger partial charge is 0.397 e. The van der Waals surface area contributed by atoms with E-state index in [4.69, 9.17) is 10.5 Å². The van der Waals surface area contributed by atoms with Crippen molar-refractivity contribution in [2.24, 2.45) is 29.1 Å². The monoisotopic (exact) mass is 485 g/mol. The van der Waals surface area contributed by atoms with Gasteiger partial charge in [-0.3, -0.25) is 10.2 Å². The first-order valence-electron chi connectivity index (χ1n) is 14.1. The quantitative estimate of drug-likeness (QED) is 0.200. The van der Waals surface area contributed by atoms with Crippen LogP contribution in [0.1, 0.15) is 95.6 Å². The van der Waals surface area contributed by atoms with Crippen LogP contribution in [-0.2, 0) is 4.79 Å². The molecule has 0 amide bonds. The van der Waals surface area contributed by atoms with Gasteiger partial charge in [0, 0.05) is 18.1 Å². The molecule has 2 N–H and O–H groups in total. The van der Waals surface area contributed by atoms with E-state index < -0.39 is 0 Å². The van der Waals surface area contributed by atoms with Crippen LogP contribution in [0.4, 0.5) is 0 Å². The van der Waals surface area contributed by atoms with Gasteiger partial charge in [0.15, 0.2) is 0 Å². The fourth-order valence-electron chi connectivity index (χ4n) is 8.03. The predicted octanol–water partition coefficient (Wildman–Crippen LogP) is 7.25. The maximum atomic E-state index is 11.5. The molecule has 0 saturated heterocycles. The number of rotatable bonds is 5. The van der Waals surface area contributed by atoms with Crippen LogP contribution < -0.4 is 0 Å². The molecule has 3 fully saturated rings. The Bertz CT molecular complexity index is 1070. The molecule has 1 aromatic rings. The molecule has 0 bridgehead atoms. The second-order valence-corrected chi connectivity index (χ2v) is 11.4. The second kappa shape index (κ2) is 11.7. The summed E-state index contributed by atoms with van der Waals surface area (Å²) in [4.78, 5) is 11.5. The SMILES string of the molecule is CCCC1=C2C(c3ccc(C#CC=N)cc3)CC3(C)C(C4CC4)CCC3C2CC/C1=C/C=O.CCO. The summed E-state index contributed by atoms with van der Waals surface area (Å²) in [6, 6.07) is 8.84. The summed E-state index contributed by atoms with van der Waals surface area (Å²) in [5.41, 5.74) is 7.31. The maximum absolute atomic E-state index is 11.5. The van der Waals surface area contributed by atoms with Crippen molar-refractivity contribution >= 4 is 12.5 Å². The van der Waals surface area contributed by atoms with Crippen molar-refractivity contribution in [1.82, 2.24) is 0 Å². The topological polar surface area (TPSA) is 61.2 Å². The Balaban J connectivity index is 0.000000967. The Labute approximate surface area is 218 Å². The van der Waals surface area contributed by atoms with Crippen LogP contribution in [0.15, 0.2) is 47.1 Å². The Morgan fingerprint density at radius 1 is 1.08 bits per heavy atom. The first kappa shape index (κ1) is 26.6. The number of benzene rings is 1. The van der Waals surface area contributed by atoms with Gasteiger partial charge in [-0.15, -0.1) is 0 Å². The van der Waals surface area contributed by atoms with E-state index in [1.54, 1.807) is 12.5 Å². The van der Waals surface area contributed by atoms with Crippen LogP contribution in [0.2, 0.25) is 0 Å². The first-order chi connectivity index (χ1) is 17.5. The second-order valence-electron chi connectivity index (χ2n) is 11.4. The van der Waals surface area contributed by atoms with Gasteiger partial charge in [-0.1, -0.05) is 49.8 Å². The number of carbonyl (C=O) groups is 1. The number of aliphatic hydroxyl groups is 1. The van der Waals surface area contributed by atoms with Crippen molar-refractivity contribution in [1.29, 1.82) is 5.41 Å². The van der Waals surface area contributed by atoms with Crippen molar-refractivity contribution < 1.29 is 9.90 Å². The van der Waals surface area contributed by atoms with Crippen LogP contribution in [0, 0.1) is 46.3 Å². The zero-order chi connectivity index (χ0) is 25.7. The number of allylic oxidation sites excluding steroid dienone is 4. The highest BCUT2D eigenvalue weighted by Gasteiger charge is 2.58. The Morgan fingerprint density at radius 2 is 1.78 bits per heavy atom. The van der Waals surface area contributed by atoms with Gasteiger partial charge in [-0.05, 0) is 122 Å². The van der Waals surface area contributed by atoms with E-state index in [2.05, 4.69) is 50.0 Å². The summed E-state index contributed by atoms with van der Waals surface area (Å²) in [5.74, 6) is 9.58. The van der Waals surface area contributed by atoms with E-state index in [9.17, 15) is 4.79 Å². The Hall–Kier alpha value is -2.44. The first-order valence-corrected chi connectivity index (χ1v) is 14.1. The van der Waals surface area contributed by atoms with Crippen LogP contribution in [0.5, 0.6) is 0 Å². The molecule has 192 valence electrons. The minimum absolute atomic E-state index is 0.250. The maximum Gasteiger partial charge on any atom is 0.143 e. The molecule has 0 aliphatic heterocycles. The predicted molar refractivity (Wildman–Crippen MR) is 148 cm³/mol. The molecule has 36 heavy (non-hydrogen) atoms. The Kier molecular flexibility index (Phi) is 8.68. The van der Waals surface area contributed by atoms with Crippen LogP contribution in [0.3, 0.4) is 0 Å². The number of nitrogens with one attached hydrogen (secondary N) is 1. The van der Waals surface area contributed by atoms with E-state index in [1.807, 2.05) is 6.08 Å². The summed E-state index contributed by atoms with van der Waals surface area (Å²) in [5, 5.41) is 14.8. The zero-order valence-corrected chi connectivity index (χ0v) is 22.4. The molecule has 0 aromatic heterocycles. The van der Waals surface area contributed by atoms with Crippen molar-refractivity contribution in [2.45, 2.75) is 84.5 Å². The summed E-state index contributed by atoms with van der Waals surface area (Å²) >= 11 is 0. The zero-order valence-electron chi connectivity index (χ0n) is 22.4. The highest BCUT2D eigenvalue weighted by molar-refractivity contribution is 5.76. The van der Waals surface area contributed by atoms with Gasteiger partial charge < -0.3 is 5.11 Å². The number of hydrogen-bond donors (Lipinski definition) is 2. The highest BCUT2D eigenvalue weighted by Crippen LogP contribution is 2.68. The van der Waals surface area contributed by atoms with Gasteiger partial charge in [0.2, 0.25) is 0 Å². The normalized spacial score (nSPS) is 31.9. The number of carbonyl (C=O) groups excluding carboxylic acids is 1. The van der Waals surface area contributed by atoms with Gasteiger partial charge in [0.05, 0.1) is 6.21 Å². The summed E-state index contributed by atoms with van der Waals surface area (Å²) in [6.45, 7) is 6.84. The molecule has 3 heteroatoms. The molecule has 5 rings (SSSR count). The standard InChI is InChI=1S/C31H37NO.C2H6O/c1-3-5-25-23(17-19-33)13-14-26-29-16-15-28(24-11-12-24)31(29,2)20-27(30(25)26)22-9-7-21(8-10-22)6-4-18-32;1-2-3/h7-10,17-19,24,26-29,32H,3,5,11-16,20H2,1-2H3;3H,2H2,1H3/b23-17-,32-18?;. The van der Waals surface area contributed by atoms with Crippen molar-refractivity contribution in [2.75, 3.05) is 6.61 Å². The lowest BCUT2D eigenvalue weighted by molar-refractivity contribution is -0.104. The molecule has 4 aliphatic rings. The number of fused-ring (bicyclic) bond motifs is 3. The molecule has 3 nitrogen and oxygen atoms in total. The fraction of sp³-hybridized carbons (Fsp3) is 0.576. The lowest BCUT2D eigenvalue weighted by atomic mass is 9.52. The average Bonchev–Trinajstić information content (AvgIpc) is 3.65. The van der Waals surface area contributed by atoms with Crippen LogP contribution in [0.25, 0.3) is 0 Å². The summed E-state index contributed by atoms with van der Waals surface area (Å²) in [6.07, 6.45) is 15.4. The molecular weight excluding hydrogens is 442 g/mol. The smallest absolute Gasteiger partial charge is 0.143 e. The van der Waals surface area contributed by atoms with Crippen molar-refractivity contribution in [3.8, 4) is 11.8 Å². The summed E-state index contributed by atoms with van der Waals surface area (Å²) in [7, 11) is 0. The van der Waals surface area contributed by atoms with Crippen molar-refractivity contribution in [3.63, 3.8) is 0 Å². The molecule has 0 spiro atoms. The van der Waals surface area contributed by atoms with Gasteiger partial charge in [-0.25, -0.2) is 0 Å². The molecule has 0 radical (unpaired) electrons. The van der Waals surface area contributed by atoms with E-state index in [-0.39, 0.29) is 6.61 Å². The molecule has 5 atom stereocenters. The van der Waals surface area contributed by atoms with E-state index in [0.29, 0.717) is 17.3 Å². The highest BCUT2D eigenvalue weighted by atomic mass is 16.2. The molecule has 3 saturated carbocycles. The minimum Gasteiger partial charge on any atom is -0.397 e. The van der Waals surface area contributed by atoms with Crippen molar-refractivity contribution in [3.05, 3.63) is 58.2 Å². The van der Waals surface area contributed by atoms with Gasteiger partial charge in [0.25, 0.3) is 0 Å². The third-order valence-electron chi connectivity index (χ3n) is 9.41. The molecule has 4 aliphatic carbocycles. The molecule has 5 unspecified atom stereocenters. The van der Waals surface area contributed by atoms with E-state index in [0.717, 1.165) is 55.1 Å². The third kappa shape index (κ3) is 5.16. The lowest BCUT2D eigenvalue weighted by Gasteiger charge is -2.53. The molecular formula is C33H43NO2. The minimum atomic E-state index is 0.250. The fourth-order valence-corrected chi connectivity index (χ4v) is 8.03. The number of aldehydes is 1. The van der Waals surface area contributed by atoms with E-state index >= 15 is 0 Å². The number of aliphatic hydroxyl groups excluding tert-OH is 1. The number of hydrogen-bond acceptors (Lipinski definition) is 3. The average molecular weight is 486 g/mol. The van der Waals surface area contributed by atoms with Gasteiger partial charge in [0.1, 0.15) is 6.29 Å². The lowest BCUT2D eigenvalue weighted by Crippen LogP contribution is -2.43. The van der Waals surface area contributed by atoms with Gasteiger partial charge in [-0.2, -0.15) is 0 Å². The summed E-state index contributed by atoms with van der Waals surface area (Å²) < 4.78 is 0. The van der Waals surface area contributed by atoms with Crippen LogP contribution >= 0.6 is 0 Å². The Morgan fingerprint density at radius 3 is 2.39 bits per heavy atom. The third-order valence-corrected chi connectivity index (χ3v) is 9.41.